The first-order valence-electron chi connectivity index (χ1n) is 1.85. The Hall–Kier alpha value is -0.520. The first kappa shape index (κ1) is 9.08. The summed E-state index contributed by atoms with van der Waals surface area (Å²) in [5.41, 5.74) is 1.17. The summed E-state index contributed by atoms with van der Waals surface area (Å²) < 4.78 is 0. The molecule has 36 valence electrons. The van der Waals surface area contributed by atoms with Gasteiger partial charge in [0.15, 0.2) is 0 Å². The zero-order valence-electron chi connectivity index (χ0n) is 4.62. The Morgan fingerprint density at radius 1 is 1.17 bits per heavy atom. The molecule has 0 amide bonds. The van der Waals surface area contributed by atoms with Gasteiger partial charge in [-0.05, 0) is 13.8 Å². The molecule has 0 aromatic rings. The Labute approximate surface area is 40.2 Å². The first-order chi connectivity index (χ1) is 2.73. The SMILES string of the molecule is C=C.C=C(C)C. The van der Waals surface area contributed by atoms with E-state index >= 15 is 0 Å². The highest BCUT2D eigenvalue weighted by Gasteiger charge is 1.51. The quantitative estimate of drug-likeness (QED) is 0.395. The van der Waals surface area contributed by atoms with Crippen LogP contribution in [0.4, 0.5) is 0 Å². The van der Waals surface area contributed by atoms with Gasteiger partial charge in [-0.25, -0.2) is 0 Å². The van der Waals surface area contributed by atoms with E-state index in [2.05, 4.69) is 19.7 Å². The van der Waals surface area contributed by atoms with Gasteiger partial charge in [-0.1, -0.05) is 5.57 Å². The van der Waals surface area contributed by atoms with Crippen molar-refractivity contribution in [3.05, 3.63) is 25.3 Å². The molecule has 0 N–H and O–H groups in total. The number of hydrogen-bond acceptors (Lipinski definition) is 0. The van der Waals surface area contributed by atoms with E-state index in [-0.39, 0.29) is 0 Å². The maximum Gasteiger partial charge on any atom is -0.0445 e. The predicted molar refractivity (Wildman–Crippen MR) is 31.7 cm³/mol. The molecule has 0 unspecified atom stereocenters. The van der Waals surface area contributed by atoms with E-state index in [1.165, 1.54) is 5.57 Å². The first-order valence-corrected chi connectivity index (χ1v) is 1.85. The molecule has 6 heavy (non-hydrogen) atoms. The highest BCUT2D eigenvalue weighted by atomic mass is 13.6. The van der Waals surface area contributed by atoms with Crippen molar-refractivity contribution in [3.8, 4) is 0 Å². The van der Waals surface area contributed by atoms with E-state index in [4.69, 9.17) is 0 Å². The van der Waals surface area contributed by atoms with Crippen molar-refractivity contribution in [2.45, 2.75) is 13.8 Å². The molecule has 0 fully saturated rings. The minimum absolute atomic E-state index is 1.17. The maximum atomic E-state index is 3.56. The van der Waals surface area contributed by atoms with Crippen LogP contribution in [0.15, 0.2) is 25.3 Å². The molecule has 0 saturated carbocycles. The minimum Gasteiger partial charge on any atom is -0.106 e. The lowest BCUT2D eigenvalue weighted by atomic mass is 10.4. The van der Waals surface area contributed by atoms with Crippen molar-refractivity contribution < 1.29 is 0 Å². The van der Waals surface area contributed by atoms with Crippen LogP contribution in [0.1, 0.15) is 13.8 Å². The van der Waals surface area contributed by atoms with E-state index in [0.29, 0.717) is 0 Å². The molecule has 0 aromatic carbocycles. The summed E-state index contributed by atoms with van der Waals surface area (Å²) >= 11 is 0. The minimum atomic E-state index is 1.17. The van der Waals surface area contributed by atoms with Crippen LogP contribution in [0.25, 0.3) is 0 Å². The third kappa shape index (κ3) is 79.2. The lowest BCUT2D eigenvalue weighted by Gasteiger charge is -1.65. The molecule has 0 heterocycles. The van der Waals surface area contributed by atoms with Crippen molar-refractivity contribution in [2.75, 3.05) is 0 Å². The Bertz CT molecular complexity index is 31.3. The van der Waals surface area contributed by atoms with Crippen molar-refractivity contribution >= 4 is 0 Å². The van der Waals surface area contributed by atoms with Gasteiger partial charge in [-0.15, -0.1) is 19.7 Å². The molecule has 0 aliphatic heterocycles. The van der Waals surface area contributed by atoms with Gasteiger partial charge in [0.2, 0.25) is 0 Å². The monoisotopic (exact) mass is 84.1 g/mol. The fourth-order valence-electron chi connectivity index (χ4n) is 0. The van der Waals surface area contributed by atoms with E-state index in [0.717, 1.165) is 0 Å². The van der Waals surface area contributed by atoms with E-state index < -0.39 is 0 Å². The van der Waals surface area contributed by atoms with Gasteiger partial charge in [0.25, 0.3) is 0 Å². The molecule has 0 rings (SSSR count). The summed E-state index contributed by atoms with van der Waals surface area (Å²) in [6.07, 6.45) is 0. The molecule has 0 atom stereocenters. The molecule has 0 spiro atoms. The molecule has 0 nitrogen and oxygen atoms in total. The van der Waals surface area contributed by atoms with E-state index in [1.54, 1.807) is 0 Å². The van der Waals surface area contributed by atoms with Crippen LogP contribution in [-0.4, -0.2) is 0 Å². The Kier molecular flexibility index (Phi) is 13.4. The Balaban J connectivity index is 0. The van der Waals surface area contributed by atoms with E-state index in [1.807, 2.05) is 13.8 Å². The summed E-state index contributed by atoms with van der Waals surface area (Å²) in [4.78, 5) is 0. The fourth-order valence-corrected chi connectivity index (χ4v) is 0. The second kappa shape index (κ2) is 8.82. The Morgan fingerprint density at radius 2 is 1.17 bits per heavy atom. The number of allylic oxidation sites excluding steroid dienone is 1. The summed E-state index contributed by atoms with van der Waals surface area (Å²) in [6.45, 7) is 13.5. The van der Waals surface area contributed by atoms with Gasteiger partial charge in [-0.2, -0.15) is 0 Å². The van der Waals surface area contributed by atoms with Crippen LogP contribution in [-0.2, 0) is 0 Å². The van der Waals surface area contributed by atoms with Gasteiger partial charge in [0.1, 0.15) is 0 Å². The number of hydrogen-bond donors (Lipinski definition) is 0. The molecular formula is C6H12. The van der Waals surface area contributed by atoms with Gasteiger partial charge < -0.3 is 0 Å². The van der Waals surface area contributed by atoms with Gasteiger partial charge >= 0.3 is 0 Å². The topological polar surface area (TPSA) is 0 Å². The van der Waals surface area contributed by atoms with Crippen LogP contribution in [0, 0.1) is 0 Å². The third-order valence-corrected chi connectivity index (χ3v) is 0. The normalized spacial score (nSPS) is 5.00. The average Bonchev–Trinajstić information content (AvgIpc) is 1.41. The molecule has 0 radical (unpaired) electrons. The second-order valence-corrected chi connectivity index (χ2v) is 1.21. The highest BCUT2D eigenvalue weighted by Crippen LogP contribution is 1.73. The van der Waals surface area contributed by atoms with Crippen LogP contribution >= 0.6 is 0 Å². The standard InChI is InChI=1S/C4H8.C2H4/c1-4(2)3;1-2/h1H2,2-3H3;1-2H2. The van der Waals surface area contributed by atoms with Gasteiger partial charge in [0, 0.05) is 0 Å². The maximum absolute atomic E-state index is 3.56. The van der Waals surface area contributed by atoms with Crippen LogP contribution < -0.4 is 0 Å². The van der Waals surface area contributed by atoms with Crippen LogP contribution in [0.3, 0.4) is 0 Å². The molecule has 0 heteroatoms. The fraction of sp³-hybridized carbons (Fsp3) is 0.333. The summed E-state index contributed by atoms with van der Waals surface area (Å²) in [5.74, 6) is 0. The van der Waals surface area contributed by atoms with Gasteiger partial charge in [0.05, 0.1) is 0 Å². The van der Waals surface area contributed by atoms with Gasteiger partial charge in [-0.3, -0.25) is 0 Å². The summed E-state index contributed by atoms with van der Waals surface area (Å²) in [6, 6.07) is 0. The summed E-state index contributed by atoms with van der Waals surface area (Å²) in [7, 11) is 0. The smallest absolute Gasteiger partial charge is 0.0445 e. The zero-order chi connectivity index (χ0) is 5.58. The Morgan fingerprint density at radius 3 is 1.17 bits per heavy atom. The molecule has 0 aliphatic rings. The second-order valence-electron chi connectivity index (χ2n) is 1.21. The zero-order valence-corrected chi connectivity index (χ0v) is 4.62. The molecule has 0 bridgehead atoms. The number of rotatable bonds is 0. The molecule has 0 saturated heterocycles. The van der Waals surface area contributed by atoms with Crippen molar-refractivity contribution in [2.24, 2.45) is 0 Å². The van der Waals surface area contributed by atoms with Crippen molar-refractivity contribution in [1.29, 1.82) is 0 Å². The average molecular weight is 84.2 g/mol. The lowest BCUT2D eigenvalue weighted by molar-refractivity contribution is 1.42. The molecule has 0 aliphatic carbocycles. The van der Waals surface area contributed by atoms with E-state index in [9.17, 15) is 0 Å². The molecular weight excluding hydrogens is 72.1 g/mol. The van der Waals surface area contributed by atoms with Crippen molar-refractivity contribution in [3.63, 3.8) is 0 Å². The van der Waals surface area contributed by atoms with Crippen molar-refractivity contribution in [1.82, 2.24) is 0 Å². The largest absolute Gasteiger partial charge is 0.106 e. The highest BCUT2D eigenvalue weighted by molar-refractivity contribution is 4.78. The van der Waals surface area contributed by atoms with Crippen LogP contribution in [0.2, 0.25) is 0 Å². The summed E-state index contributed by atoms with van der Waals surface area (Å²) in [5, 5.41) is 0. The predicted octanol–water partition coefficient (Wildman–Crippen LogP) is 2.38. The van der Waals surface area contributed by atoms with Crippen LogP contribution in [0.5, 0.6) is 0 Å². The lowest BCUT2D eigenvalue weighted by Crippen LogP contribution is -1.43. The third-order valence-electron chi connectivity index (χ3n) is 0. The molecule has 0 aromatic heterocycles.